The third-order valence-corrected chi connectivity index (χ3v) is 4.24. The van der Waals surface area contributed by atoms with Crippen LogP contribution in [0.2, 0.25) is 0 Å². The lowest BCUT2D eigenvalue weighted by atomic mass is 10.2. The minimum atomic E-state index is -1.02. The summed E-state index contributed by atoms with van der Waals surface area (Å²) in [5, 5.41) is 14.9. The SMILES string of the molecule is CCN(CC)CCN[C@@H](CC(=O)Nc1ccccc1Br)C(=O)O. The molecule has 1 atom stereocenters. The van der Waals surface area contributed by atoms with E-state index in [0.717, 1.165) is 24.1 Å². The van der Waals surface area contributed by atoms with Crippen molar-refractivity contribution in [2.45, 2.75) is 26.3 Å². The Balaban J connectivity index is 2.50. The standard InChI is InChI=1S/C16H24BrN3O3/c1-3-20(4-2)10-9-18-14(16(22)23)11-15(21)19-13-8-6-5-7-12(13)17/h5-8,14,18H,3-4,9-11H2,1-2H3,(H,19,21)(H,22,23)/t14-/m0/s1. The molecule has 0 aromatic heterocycles. The zero-order valence-electron chi connectivity index (χ0n) is 13.5. The van der Waals surface area contributed by atoms with E-state index in [9.17, 15) is 14.7 Å². The highest BCUT2D eigenvalue weighted by Gasteiger charge is 2.21. The number of carbonyl (C=O) groups excluding carboxylic acids is 1. The van der Waals surface area contributed by atoms with Crippen LogP contribution in [0.15, 0.2) is 28.7 Å². The molecule has 23 heavy (non-hydrogen) atoms. The largest absolute Gasteiger partial charge is 0.480 e. The highest BCUT2D eigenvalue weighted by molar-refractivity contribution is 9.10. The topological polar surface area (TPSA) is 81.7 Å². The number of carboxylic acids is 1. The van der Waals surface area contributed by atoms with E-state index in [1.807, 2.05) is 12.1 Å². The monoisotopic (exact) mass is 385 g/mol. The molecular formula is C16H24BrN3O3. The molecule has 1 aromatic rings. The van der Waals surface area contributed by atoms with Crippen LogP contribution in [0.5, 0.6) is 0 Å². The molecule has 0 aliphatic carbocycles. The van der Waals surface area contributed by atoms with Crippen LogP contribution in [0, 0.1) is 0 Å². The molecule has 1 aromatic carbocycles. The van der Waals surface area contributed by atoms with Gasteiger partial charge in [-0.05, 0) is 41.2 Å². The second-order valence-corrected chi connectivity index (χ2v) is 5.96. The molecule has 6 nitrogen and oxygen atoms in total. The maximum Gasteiger partial charge on any atom is 0.321 e. The molecule has 0 radical (unpaired) electrons. The first kappa shape index (κ1) is 19.6. The van der Waals surface area contributed by atoms with Crippen LogP contribution in [0.25, 0.3) is 0 Å². The Morgan fingerprint density at radius 2 is 1.91 bits per heavy atom. The average molecular weight is 386 g/mol. The van der Waals surface area contributed by atoms with Crippen LogP contribution >= 0.6 is 15.9 Å². The summed E-state index contributed by atoms with van der Waals surface area (Å²) in [6.07, 6.45) is -0.116. The summed E-state index contributed by atoms with van der Waals surface area (Å²) in [6, 6.07) is 6.32. The Morgan fingerprint density at radius 3 is 2.48 bits per heavy atom. The van der Waals surface area contributed by atoms with Crippen LogP contribution in [-0.4, -0.2) is 54.1 Å². The van der Waals surface area contributed by atoms with E-state index < -0.39 is 12.0 Å². The summed E-state index contributed by atoms with van der Waals surface area (Å²) in [7, 11) is 0. The van der Waals surface area contributed by atoms with Gasteiger partial charge in [0.1, 0.15) is 6.04 Å². The number of hydrogen-bond donors (Lipinski definition) is 3. The average Bonchev–Trinajstić information content (AvgIpc) is 2.52. The Morgan fingerprint density at radius 1 is 1.26 bits per heavy atom. The fourth-order valence-electron chi connectivity index (χ4n) is 2.13. The van der Waals surface area contributed by atoms with E-state index in [2.05, 4.69) is 45.3 Å². The number of nitrogens with one attached hydrogen (secondary N) is 2. The van der Waals surface area contributed by atoms with Gasteiger partial charge in [0.2, 0.25) is 5.91 Å². The fraction of sp³-hybridized carbons (Fsp3) is 0.500. The number of benzene rings is 1. The molecule has 128 valence electrons. The molecule has 1 amide bonds. The highest BCUT2D eigenvalue weighted by Crippen LogP contribution is 2.21. The molecule has 0 spiro atoms. The summed E-state index contributed by atoms with van der Waals surface area (Å²) in [5.41, 5.74) is 0.629. The molecule has 0 fully saturated rings. The Hall–Kier alpha value is -1.44. The Kier molecular flexibility index (Phi) is 8.83. The van der Waals surface area contributed by atoms with Crippen molar-refractivity contribution in [2.24, 2.45) is 0 Å². The molecule has 0 aliphatic rings. The van der Waals surface area contributed by atoms with Crippen LogP contribution < -0.4 is 10.6 Å². The van der Waals surface area contributed by atoms with Gasteiger partial charge in [0.05, 0.1) is 12.1 Å². The third-order valence-electron chi connectivity index (χ3n) is 3.55. The number of anilines is 1. The van der Waals surface area contributed by atoms with E-state index in [4.69, 9.17) is 0 Å². The molecule has 0 heterocycles. The number of halogens is 1. The number of hydrogen-bond acceptors (Lipinski definition) is 4. The molecule has 0 saturated heterocycles. The number of carboxylic acid groups (broad SMARTS) is 1. The molecule has 7 heteroatoms. The van der Waals surface area contributed by atoms with Crippen molar-refractivity contribution < 1.29 is 14.7 Å². The van der Waals surface area contributed by atoms with Crippen LogP contribution in [0.4, 0.5) is 5.69 Å². The van der Waals surface area contributed by atoms with Crippen LogP contribution in [0.3, 0.4) is 0 Å². The highest BCUT2D eigenvalue weighted by atomic mass is 79.9. The van der Waals surface area contributed by atoms with Crippen molar-refractivity contribution in [3.8, 4) is 0 Å². The number of para-hydroxylation sites is 1. The number of nitrogens with zero attached hydrogens (tertiary/aromatic N) is 1. The molecule has 3 N–H and O–H groups in total. The van der Waals surface area contributed by atoms with E-state index in [-0.39, 0.29) is 12.3 Å². The first-order chi connectivity index (χ1) is 11.0. The first-order valence-corrected chi connectivity index (χ1v) is 8.50. The molecule has 0 aliphatic heterocycles. The first-order valence-electron chi connectivity index (χ1n) is 7.70. The maximum absolute atomic E-state index is 12.0. The van der Waals surface area contributed by atoms with Gasteiger partial charge in [-0.2, -0.15) is 0 Å². The molecule has 0 unspecified atom stereocenters. The van der Waals surface area contributed by atoms with Gasteiger partial charge in [-0.15, -0.1) is 0 Å². The van der Waals surface area contributed by atoms with Crippen molar-refractivity contribution in [2.75, 3.05) is 31.5 Å². The van der Waals surface area contributed by atoms with Gasteiger partial charge < -0.3 is 20.6 Å². The summed E-state index contributed by atoms with van der Waals surface area (Å²) in [6.45, 7) is 7.23. The summed E-state index contributed by atoms with van der Waals surface area (Å²) >= 11 is 3.34. The zero-order chi connectivity index (χ0) is 17.2. The van der Waals surface area contributed by atoms with Crippen molar-refractivity contribution in [1.29, 1.82) is 0 Å². The molecular weight excluding hydrogens is 362 g/mol. The smallest absolute Gasteiger partial charge is 0.321 e. The second kappa shape index (κ2) is 10.4. The van der Waals surface area contributed by atoms with E-state index >= 15 is 0 Å². The van der Waals surface area contributed by atoms with Crippen LogP contribution in [-0.2, 0) is 9.59 Å². The maximum atomic E-state index is 12.0. The van der Waals surface area contributed by atoms with Crippen molar-refractivity contribution >= 4 is 33.5 Å². The van der Waals surface area contributed by atoms with Gasteiger partial charge >= 0.3 is 5.97 Å². The van der Waals surface area contributed by atoms with Gasteiger partial charge in [-0.1, -0.05) is 26.0 Å². The van der Waals surface area contributed by atoms with E-state index in [1.54, 1.807) is 12.1 Å². The molecule has 1 rings (SSSR count). The van der Waals surface area contributed by atoms with Gasteiger partial charge in [-0.3, -0.25) is 9.59 Å². The van der Waals surface area contributed by atoms with Crippen molar-refractivity contribution in [1.82, 2.24) is 10.2 Å². The Labute approximate surface area is 145 Å². The predicted octanol–water partition coefficient (Wildman–Crippen LogP) is 2.16. The molecule has 0 bridgehead atoms. The summed E-state index contributed by atoms with van der Waals surface area (Å²) in [5.74, 6) is -1.36. The van der Waals surface area contributed by atoms with Crippen molar-refractivity contribution in [3.05, 3.63) is 28.7 Å². The van der Waals surface area contributed by atoms with Crippen molar-refractivity contribution in [3.63, 3.8) is 0 Å². The summed E-state index contributed by atoms with van der Waals surface area (Å²) in [4.78, 5) is 25.5. The quantitative estimate of drug-likeness (QED) is 0.574. The van der Waals surface area contributed by atoms with Gasteiger partial charge in [0.25, 0.3) is 0 Å². The van der Waals surface area contributed by atoms with Gasteiger partial charge in [0.15, 0.2) is 0 Å². The number of aliphatic carboxylic acids is 1. The predicted molar refractivity (Wildman–Crippen MR) is 94.6 cm³/mol. The second-order valence-electron chi connectivity index (χ2n) is 5.10. The number of rotatable bonds is 10. The van der Waals surface area contributed by atoms with E-state index in [1.165, 1.54) is 0 Å². The Bertz CT molecular complexity index is 521. The lowest BCUT2D eigenvalue weighted by Crippen LogP contribution is -2.43. The third kappa shape index (κ3) is 7.11. The fourth-order valence-corrected chi connectivity index (χ4v) is 2.52. The number of carbonyl (C=O) groups is 2. The lowest BCUT2D eigenvalue weighted by Gasteiger charge is -2.20. The van der Waals surface area contributed by atoms with Crippen LogP contribution in [0.1, 0.15) is 20.3 Å². The number of likely N-dealkylation sites (N-methyl/N-ethyl adjacent to an activating group) is 1. The summed E-state index contributed by atoms with van der Waals surface area (Å²) < 4.78 is 0.759. The van der Waals surface area contributed by atoms with Gasteiger partial charge in [0, 0.05) is 17.6 Å². The zero-order valence-corrected chi connectivity index (χ0v) is 15.1. The minimum Gasteiger partial charge on any atom is -0.480 e. The molecule has 0 saturated carbocycles. The van der Waals surface area contributed by atoms with E-state index in [0.29, 0.717) is 12.2 Å². The van der Waals surface area contributed by atoms with Gasteiger partial charge in [-0.25, -0.2) is 0 Å². The lowest BCUT2D eigenvalue weighted by molar-refractivity contribution is -0.141. The minimum absolute atomic E-state index is 0.116. The number of amides is 1. The normalized spacial score (nSPS) is 12.2.